The molecule has 2 atom stereocenters. The van der Waals surface area contributed by atoms with Crippen molar-refractivity contribution in [3.05, 3.63) is 54.4 Å². The molecule has 21 heavy (non-hydrogen) atoms. The summed E-state index contributed by atoms with van der Waals surface area (Å²) >= 11 is 0. The maximum Gasteiger partial charge on any atom is 0.271 e. The Kier molecular flexibility index (Phi) is 3.48. The summed E-state index contributed by atoms with van der Waals surface area (Å²) in [4.78, 5) is 24.0. The van der Waals surface area contributed by atoms with E-state index in [0.717, 1.165) is 12.1 Å². The van der Waals surface area contributed by atoms with Crippen molar-refractivity contribution in [2.75, 3.05) is 0 Å². The number of rotatable bonds is 3. The molecular weight excluding hydrogens is 266 g/mol. The number of carbonyl (C=O) groups is 2. The number of benzene rings is 1. The Morgan fingerprint density at radius 1 is 1.10 bits per heavy atom. The van der Waals surface area contributed by atoms with E-state index in [1.165, 1.54) is 0 Å². The van der Waals surface area contributed by atoms with Crippen LogP contribution in [0.4, 0.5) is 0 Å². The van der Waals surface area contributed by atoms with Crippen molar-refractivity contribution in [2.24, 2.45) is 11.8 Å². The number of para-hydroxylation sites is 1. The number of amides is 2. The number of nitrogens with one attached hydrogen (secondary N) is 2. The molecule has 1 aromatic carbocycles. The molecule has 2 aromatic rings. The first-order valence-corrected chi connectivity index (χ1v) is 6.99. The van der Waals surface area contributed by atoms with Gasteiger partial charge < -0.3 is 4.57 Å². The van der Waals surface area contributed by atoms with E-state index in [1.807, 2.05) is 48.1 Å². The monoisotopic (exact) mass is 283 g/mol. The Morgan fingerprint density at radius 3 is 2.43 bits per heavy atom. The molecule has 0 saturated heterocycles. The zero-order chi connectivity index (χ0) is 14.8. The number of hydrogen-bond donors (Lipinski definition) is 2. The minimum Gasteiger partial charge on any atom is -0.323 e. The van der Waals surface area contributed by atoms with E-state index in [1.54, 1.807) is 12.1 Å². The fraction of sp³-hybridized carbons (Fsp3) is 0.250. The number of aromatic nitrogens is 1. The molecule has 1 aliphatic rings. The normalized spacial score (nSPS) is 19.9. The molecule has 1 aliphatic carbocycles. The summed E-state index contributed by atoms with van der Waals surface area (Å²) in [6.07, 6.45) is 4.63. The predicted octanol–water partition coefficient (Wildman–Crippen LogP) is 1.89. The average molecular weight is 283 g/mol. The third-order valence-electron chi connectivity index (χ3n) is 3.78. The lowest BCUT2D eigenvalue weighted by Gasteiger charge is -2.11. The van der Waals surface area contributed by atoms with Gasteiger partial charge in [0.05, 0.1) is 11.3 Å². The van der Waals surface area contributed by atoms with Gasteiger partial charge in [-0.3, -0.25) is 20.4 Å². The van der Waals surface area contributed by atoms with Gasteiger partial charge in [-0.1, -0.05) is 19.1 Å². The van der Waals surface area contributed by atoms with Crippen LogP contribution in [0.5, 0.6) is 0 Å². The molecule has 5 heteroatoms. The summed E-state index contributed by atoms with van der Waals surface area (Å²) in [5, 5.41) is 0. The molecule has 2 N–H and O–H groups in total. The highest BCUT2D eigenvalue weighted by atomic mass is 16.2. The van der Waals surface area contributed by atoms with Crippen LogP contribution in [-0.4, -0.2) is 16.4 Å². The molecule has 0 spiro atoms. The van der Waals surface area contributed by atoms with Crippen molar-refractivity contribution in [1.82, 2.24) is 15.4 Å². The Hall–Kier alpha value is -2.56. The molecule has 1 heterocycles. The molecule has 0 bridgehead atoms. The van der Waals surface area contributed by atoms with Gasteiger partial charge in [0.15, 0.2) is 0 Å². The first-order chi connectivity index (χ1) is 10.2. The Morgan fingerprint density at radius 2 is 1.76 bits per heavy atom. The van der Waals surface area contributed by atoms with Crippen molar-refractivity contribution >= 4 is 11.8 Å². The molecule has 1 aromatic heterocycles. The summed E-state index contributed by atoms with van der Waals surface area (Å²) in [6.45, 7) is 2.02. The van der Waals surface area contributed by atoms with E-state index in [2.05, 4.69) is 10.9 Å². The maximum absolute atomic E-state index is 12.3. The smallest absolute Gasteiger partial charge is 0.271 e. The molecule has 5 nitrogen and oxygen atoms in total. The van der Waals surface area contributed by atoms with Gasteiger partial charge in [-0.05, 0) is 36.6 Å². The second-order valence-corrected chi connectivity index (χ2v) is 5.37. The standard InChI is InChI=1S/C16H17N3O2/c1-11-10-13(11)16(21)18-17-15(20)12-6-2-3-7-14(12)19-8-4-5-9-19/h2-9,11,13H,10H2,1H3,(H,17,20)(H,18,21)/t11-,13-/m1/s1. The second kappa shape index (κ2) is 5.44. The third-order valence-corrected chi connectivity index (χ3v) is 3.78. The second-order valence-electron chi connectivity index (χ2n) is 5.37. The highest BCUT2D eigenvalue weighted by Gasteiger charge is 2.39. The molecule has 1 saturated carbocycles. The van der Waals surface area contributed by atoms with E-state index < -0.39 is 0 Å². The molecular formula is C16H17N3O2. The fourth-order valence-corrected chi connectivity index (χ4v) is 2.35. The predicted molar refractivity (Wildman–Crippen MR) is 78.6 cm³/mol. The van der Waals surface area contributed by atoms with E-state index in [-0.39, 0.29) is 17.7 Å². The van der Waals surface area contributed by atoms with Gasteiger partial charge in [0.2, 0.25) is 5.91 Å². The van der Waals surface area contributed by atoms with Gasteiger partial charge in [0.1, 0.15) is 0 Å². The lowest BCUT2D eigenvalue weighted by molar-refractivity contribution is -0.123. The SMILES string of the molecule is C[C@@H]1C[C@H]1C(=O)NNC(=O)c1ccccc1-n1cccc1. The van der Waals surface area contributed by atoms with Crippen LogP contribution in [0.25, 0.3) is 5.69 Å². The van der Waals surface area contributed by atoms with Gasteiger partial charge in [-0.25, -0.2) is 0 Å². The first kappa shape index (κ1) is 13.4. The van der Waals surface area contributed by atoms with Gasteiger partial charge in [-0.2, -0.15) is 0 Å². The molecule has 1 fully saturated rings. The van der Waals surface area contributed by atoms with Gasteiger partial charge in [-0.15, -0.1) is 0 Å². The minimum absolute atomic E-state index is 0.0324. The average Bonchev–Trinajstić information content (AvgIpc) is 3.02. The third kappa shape index (κ3) is 2.81. The Labute approximate surface area is 122 Å². The van der Waals surface area contributed by atoms with Gasteiger partial charge >= 0.3 is 0 Å². The summed E-state index contributed by atoms with van der Waals surface area (Å²) in [7, 11) is 0. The van der Waals surface area contributed by atoms with Crippen LogP contribution >= 0.6 is 0 Å². The van der Waals surface area contributed by atoms with Crippen molar-refractivity contribution < 1.29 is 9.59 Å². The highest BCUT2D eigenvalue weighted by molar-refractivity contribution is 5.98. The highest BCUT2D eigenvalue weighted by Crippen LogP contribution is 2.37. The summed E-state index contributed by atoms with van der Waals surface area (Å²) in [5.41, 5.74) is 6.27. The van der Waals surface area contributed by atoms with Crippen LogP contribution in [0.2, 0.25) is 0 Å². The quantitative estimate of drug-likeness (QED) is 0.845. The van der Waals surface area contributed by atoms with Crippen molar-refractivity contribution in [2.45, 2.75) is 13.3 Å². The van der Waals surface area contributed by atoms with Crippen LogP contribution in [0.3, 0.4) is 0 Å². The van der Waals surface area contributed by atoms with E-state index in [9.17, 15) is 9.59 Å². The van der Waals surface area contributed by atoms with Crippen LogP contribution in [0, 0.1) is 11.8 Å². The van der Waals surface area contributed by atoms with Crippen LogP contribution in [0.15, 0.2) is 48.8 Å². The largest absolute Gasteiger partial charge is 0.323 e. The van der Waals surface area contributed by atoms with Crippen LogP contribution in [-0.2, 0) is 4.79 Å². The minimum atomic E-state index is -0.319. The van der Waals surface area contributed by atoms with Gasteiger partial charge in [0.25, 0.3) is 5.91 Å². The van der Waals surface area contributed by atoms with Crippen LogP contribution < -0.4 is 10.9 Å². The van der Waals surface area contributed by atoms with E-state index in [4.69, 9.17) is 0 Å². The zero-order valence-electron chi connectivity index (χ0n) is 11.7. The summed E-state index contributed by atoms with van der Waals surface area (Å²) in [5.74, 6) is 0.00861. The Bertz CT molecular complexity index is 664. The zero-order valence-corrected chi connectivity index (χ0v) is 11.7. The number of carbonyl (C=O) groups excluding carboxylic acids is 2. The number of hydrogen-bond acceptors (Lipinski definition) is 2. The molecule has 0 radical (unpaired) electrons. The number of nitrogens with zero attached hydrogens (tertiary/aromatic N) is 1. The molecule has 2 amide bonds. The van der Waals surface area contributed by atoms with E-state index in [0.29, 0.717) is 11.5 Å². The fourth-order valence-electron chi connectivity index (χ4n) is 2.35. The summed E-state index contributed by atoms with van der Waals surface area (Å²) < 4.78 is 1.86. The maximum atomic E-state index is 12.3. The molecule has 108 valence electrons. The lowest BCUT2D eigenvalue weighted by atomic mass is 10.1. The summed E-state index contributed by atoms with van der Waals surface area (Å²) in [6, 6.07) is 11.1. The molecule has 0 unspecified atom stereocenters. The van der Waals surface area contributed by atoms with Crippen molar-refractivity contribution in [1.29, 1.82) is 0 Å². The Balaban J connectivity index is 1.71. The van der Waals surface area contributed by atoms with Crippen molar-refractivity contribution in [3.63, 3.8) is 0 Å². The molecule has 3 rings (SSSR count). The van der Waals surface area contributed by atoms with Crippen LogP contribution in [0.1, 0.15) is 23.7 Å². The molecule has 0 aliphatic heterocycles. The number of hydrazine groups is 1. The lowest BCUT2D eigenvalue weighted by Crippen LogP contribution is -2.42. The van der Waals surface area contributed by atoms with Gasteiger partial charge in [0, 0.05) is 18.3 Å². The van der Waals surface area contributed by atoms with E-state index >= 15 is 0 Å². The topological polar surface area (TPSA) is 63.1 Å². The van der Waals surface area contributed by atoms with Crippen molar-refractivity contribution in [3.8, 4) is 5.69 Å². The first-order valence-electron chi connectivity index (χ1n) is 6.99.